The highest BCUT2D eigenvalue weighted by atomic mass is 32.1. The van der Waals surface area contributed by atoms with Crippen LogP contribution in [0.5, 0.6) is 0 Å². The van der Waals surface area contributed by atoms with Crippen LogP contribution in [0.1, 0.15) is 20.7 Å². The lowest BCUT2D eigenvalue weighted by atomic mass is 10.1. The van der Waals surface area contributed by atoms with Crippen molar-refractivity contribution in [1.29, 1.82) is 0 Å². The van der Waals surface area contributed by atoms with Crippen LogP contribution in [-0.4, -0.2) is 55.3 Å². The van der Waals surface area contributed by atoms with Crippen molar-refractivity contribution in [3.63, 3.8) is 0 Å². The predicted octanol–water partition coefficient (Wildman–Crippen LogP) is 0.820. The SMILES string of the molecule is COC(=O)c1ccc(C(=O)NC(=S)N2CCOCC2)cc1. The third kappa shape index (κ3) is 3.99. The summed E-state index contributed by atoms with van der Waals surface area (Å²) in [5.74, 6) is -0.742. The predicted molar refractivity (Wildman–Crippen MR) is 80.2 cm³/mol. The molecule has 1 N–H and O–H groups in total. The lowest BCUT2D eigenvalue weighted by Gasteiger charge is -2.28. The van der Waals surface area contributed by atoms with Crippen LogP contribution in [0.15, 0.2) is 24.3 Å². The smallest absolute Gasteiger partial charge is 0.337 e. The molecule has 1 saturated heterocycles. The Morgan fingerprint density at radius 1 is 1.19 bits per heavy atom. The highest BCUT2D eigenvalue weighted by molar-refractivity contribution is 7.80. The number of hydrogen-bond donors (Lipinski definition) is 1. The van der Waals surface area contributed by atoms with Gasteiger partial charge >= 0.3 is 5.97 Å². The van der Waals surface area contributed by atoms with Gasteiger partial charge in [0.05, 0.1) is 25.9 Å². The first kappa shape index (κ1) is 15.4. The van der Waals surface area contributed by atoms with E-state index in [2.05, 4.69) is 10.1 Å². The van der Waals surface area contributed by atoms with Crippen molar-refractivity contribution in [2.45, 2.75) is 0 Å². The first-order valence-corrected chi connectivity index (χ1v) is 6.89. The molecule has 1 aliphatic rings. The van der Waals surface area contributed by atoms with Gasteiger partial charge < -0.3 is 14.4 Å². The van der Waals surface area contributed by atoms with Gasteiger partial charge in [-0.15, -0.1) is 0 Å². The molecule has 6 nitrogen and oxygen atoms in total. The number of thiocarbonyl (C=S) groups is 1. The number of rotatable bonds is 2. The van der Waals surface area contributed by atoms with Gasteiger partial charge in [-0.25, -0.2) is 4.79 Å². The summed E-state index contributed by atoms with van der Waals surface area (Å²) in [5, 5.41) is 3.06. The summed E-state index contributed by atoms with van der Waals surface area (Å²) in [7, 11) is 1.31. The number of carbonyl (C=O) groups excluding carboxylic acids is 2. The van der Waals surface area contributed by atoms with Gasteiger partial charge in [-0.05, 0) is 36.5 Å². The van der Waals surface area contributed by atoms with Crippen molar-refractivity contribution in [3.8, 4) is 0 Å². The molecule has 1 aromatic rings. The average Bonchev–Trinajstić information content (AvgIpc) is 2.55. The molecule has 0 unspecified atom stereocenters. The minimum Gasteiger partial charge on any atom is -0.465 e. The van der Waals surface area contributed by atoms with Gasteiger partial charge in [0.1, 0.15) is 0 Å². The molecule has 1 heterocycles. The summed E-state index contributed by atoms with van der Waals surface area (Å²) in [4.78, 5) is 25.3. The maximum atomic E-state index is 12.1. The third-order valence-corrected chi connectivity index (χ3v) is 3.45. The Balaban J connectivity index is 1.96. The Morgan fingerprint density at radius 2 is 1.76 bits per heavy atom. The second-order valence-electron chi connectivity index (χ2n) is 4.43. The molecule has 0 radical (unpaired) electrons. The fourth-order valence-corrected chi connectivity index (χ4v) is 2.17. The first-order valence-electron chi connectivity index (χ1n) is 6.48. The van der Waals surface area contributed by atoms with E-state index < -0.39 is 5.97 Å². The van der Waals surface area contributed by atoms with Crippen LogP contribution < -0.4 is 5.32 Å². The van der Waals surface area contributed by atoms with Crippen molar-refractivity contribution < 1.29 is 19.1 Å². The molecule has 0 aliphatic carbocycles. The number of hydrogen-bond acceptors (Lipinski definition) is 5. The highest BCUT2D eigenvalue weighted by Crippen LogP contribution is 2.06. The second kappa shape index (κ2) is 7.14. The molecule has 1 aliphatic heterocycles. The fraction of sp³-hybridized carbons (Fsp3) is 0.357. The number of esters is 1. The van der Waals surface area contributed by atoms with Crippen LogP contribution in [0.4, 0.5) is 0 Å². The number of carbonyl (C=O) groups is 2. The molecular weight excluding hydrogens is 292 g/mol. The van der Waals surface area contributed by atoms with Gasteiger partial charge in [0.2, 0.25) is 0 Å². The zero-order valence-electron chi connectivity index (χ0n) is 11.6. The molecular formula is C14H16N2O4S. The molecule has 2 rings (SSSR count). The summed E-state index contributed by atoms with van der Waals surface area (Å²) in [6.45, 7) is 2.54. The lowest BCUT2D eigenvalue weighted by molar-refractivity contribution is 0.0600. The number of nitrogens with zero attached hydrogens (tertiary/aromatic N) is 1. The molecule has 1 amide bonds. The minimum atomic E-state index is -0.439. The normalized spacial score (nSPS) is 14.4. The standard InChI is InChI=1S/C14H16N2O4S/c1-19-13(18)11-4-2-10(3-5-11)12(17)15-14(21)16-6-8-20-9-7-16/h2-5H,6-9H2,1H3,(H,15,17,21). The topological polar surface area (TPSA) is 67.9 Å². The minimum absolute atomic E-state index is 0.303. The molecule has 21 heavy (non-hydrogen) atoms. The van der Waals surface area contributed by atoms with Crippen LogP contribution in [0, 0.1) is 0 Å². The Hall–Kier alpha value is -1.99. The van der Waals surface area contributed by atoms with Crippen molar-refractivity contribution in [3.05, 3.63) is 35.4 Å². The average molecular weight is 308 g/mol. The number of nitrogens with one attached hydrogen (secondary N) is 1. The van der Waals surface area contributed by atoms with E-state index in [-0.39, 0.29) is 5.91 Å². The van der Waals surface area contributed by atoms with E-state index in [1.54, 1.807) is 24.3 Å². The number of benzene rings is 1. The van der Waals surface area contributed by atoms with E-state index in [4.69, 9.17) is 17.0 Å². The summed E-state index contributed by atoms with van der Waals surface area (Å²) in [5.41, 5.74) is 0.822. The number of morpholine rings is 1. The Kier molecular flexibility index (Phi) is 5.24. The van der Waals surface area contributed by atoms with Gasteiger partial charge in [0.25, 0.3) is 5.91 Å². The molecule has 0 spiro atoms. The van der Waals surface area contributed by atoms with Gasteiger partial charge in [-0.2, -0.15) is 0 Å². The molecule has 1 fully saturated rings. The summed E-state index contributed by atoms with van der Waals surface area (Å²) in [6, 6.07) is 6.20. The van der Waals surface area contributed by atoms with Gasteiger partial charge in [0.15, 0.2) is 5.11 Å². The quantitative estimate of drug-likeness (QED) is 0.644. The van der Waals surface area contributed by atoms with Crippen molar-refractivity contribution in [1.82, 2.24) is 10.2 Å². The van der Waals surface area contributed by atoms with Crippen LogP contribution in [0.3, 0.4) is 0 Å². The zero-order chi connectivity index (χ0) is 15.2. The number of methoxy groups -OCH3 is 1. The summed E-state index contributed by atoms with van der Waals surface area (Å²) >= 11 is 5.20. The Labute approximate surface area is 128 Å². The van der Waals surface area contributed by atoms with E-state index in [0.717, 1.165) is 0 Å². The first-order chi connectivity index (χ1) is 10.1. The molecule has 112 valence electrons. The van der Waals surface area contributed by atoms with Crippen molar-refractivity contribution in [2.24, 2.45) is 0 Å². The highest BCUT2D eigenvalue weighted by Gasteiger charge is 2.16. The van der Waals surface area contributed by atoms with Crippen molar-refractivity contribution in [2.75, 3.05) is 33.4 Å². The summed E-state index contributed by atoms with van der Waals surface area (Å²) < 4.78 is 9.83. The van der Waals surface area contributed by atoms with Crippen LogP contribution in [0.25, 0.3) is 0 Å². The molecule has 0 bridgehead atoms. The fourth-order valence-electron chi connectivity index (χ4n) is 1.89. The van der Waals surface area contributed by atoms with E-state index in [9.17, 15) is 9.59 Å². The Bertz CT molecular complexity index is 538. The van der Waals surface area contributed by atoms with Crippen LogP contribution in [-0.2, 0) is 9.47 Å². The maximum Gasteiger partial charge on any atom is 0.337 e. The van der Waals surface area contributed by atoms with Gasteiger partial charge in [-0.1, -0.05) is 0 Å². The largest absolute Gasteiger partial charge is 0.465 e. The van der Waals surface area contributed by atoms with Gasteiger partial charge in [-0.3, -0.25) is 10.1 Å². The molecule has 0 aromatic heterocycles. The molecule has 1 aromatic carbocycles. The monoisotopic (exact) mass is 308 g/mol. The van der Waals surface area contributed by atoms with E-state index in [1.807, 2.05) is 4.90 Å². The van der Waals surface area contributed by atoms with E-state index in [1.165, 1.54) is 7.11 Å². The maximum absolute atomic E-state index is 12.1. The number of ether oxygens (including phenoxy) is 2. The van der Waals surface area contributed by atoms with Crippen molar-refractivity contribution >= 4 is 29.2 Å². The van der Waals surface area contributed by atoms with E-state index >= 15 is 0 Å². The second-order valence-corrected chi connectivity index (χ2v) is 4.81. The molecule has 7 heteroatoms. The Morgan fingerprint density at radius 3 is 2.33 bits per heavy atom. The number of amides is 1. The van der Waals surface area contributed by atoms with Crippen LogP contribution in [0.2, 0.25) is 0 Å². The summed E-state index contributed by atoms with van der Waals surface area (Å²) in [6.07, 6.45) is 0. The van der Waals surface area contributed by atoms with E-state index in [0.29, 0.717) is 42.5 Å². The molecule has 0 atom stereocenters. The zero-order valence-corrected chi connectivity index (χ0v) is 12.4. The third-order valence-electron chi connectivity index (χ3n) is 3.09. The molecule has 0 saturated carbocycles. The van der Waals surface area contributed by atoms with Gasteiger partial charge in [0, 0.05) is 18.7 Å². The van der Waals surface area contributed by atoms with Crippen LogP contribution >= 0.6 is 12.2 Å². The lowest BCUT2D eigenvalue weighted by Crippen LogP contribution is -2.47.